The zero-order valence-electron chi connectivity index (χ0n) is 19.5. The molecule has 4 rings (SSSR count). The zero-order valence-corrected chi connectivity index (χ0v) is 19.5. The summed E-state index contributed by atoms with van der Waals surface area (Å²) in [6.45, 7) is 4.08. The van der Waals surface area contributed by atoms with Crippen molar-refractivity contribution in [2.75, 3.05) is 0 Å². The van der Waals surface area contributed by atoms with E-state index in [9.17, 15) is 8.78 Å². The van der Waals surface area contributed by atoms with Gasteiger partial charge in [-0.1, -0.05) is 49.8 Å². The zero-order chi connectivity index (χ0) is 22.5. The predicted molar refractivity (Wildman–Crippen MR) is 127 cm³/mol. The van der Waals surface area contributed by atoms with Crippen molar-refractivity contribution in [1.82, 2.24) is 0 Å². The molecule has 0 aliphatic heterocycles. The van der Waals surface area contributed by atoms with Crippen molar-refractivity contribution in [3.63, 3.8) is 0 Å². The fourth-order valence-electron chi connectivity index (χ4n) is 5.78. The maximum Gasteiger partial charge on any atom is 0.201 e. The monoisotopic (exact) mass is 438 g/mol. The van der Waals surface area contributed by atoms with Crippen molar-refractivity contribution in [3.05, 3.63) is 77.1 Å². The molecule has 0 saturated heterocycles. The molecule has 0 bridgehead atoms. The topological polar surface area (TPSA) is 9.23 Å². The Bertz CT molecular complexity index is 901. The van der Waals surface area contributed by atoms with E-state index in [-0.39, 0.29) is 11.7 Å². The highest BCUT2D eigenvalue weighted by molar-refractivity contribution is 5.34. The van der Waals surface area contributed by atoms with E-state index >= 15 is 0 Å². The summed E-state index contributed by atoms with van der Waals surface area (Å²) in [5, 5.41) is 0. The van der Waals surface area contributed by atoms with Gasteiger partial charge < -0.3 is 4.74 Å². The summed E-state index contributed by atoms with van der Waals surface area (Å²) in [5.41, 5.74) is 3.39. The van der Waals surface area contributed by atoms with Crippen LogP contribution < -0.4 is 4.74 Å². The van der Waals surface area contributed by atoms with E-state index in [2.05, 4.69) is 31.2 Å². The molecule has 3 heteroatoms. The molecule has 2 aliphatic carbocycles. The van der Waals surface area contributed by atoms with E-state index in [0.717, 1.165) is 37.5 Å². The maximum absolute atomic E-state index is 14.7. The smallest absolute Gasteiger partial charge is 0.201 e. The average molecular weight is 439 g/mol. The molecule has 2 aromatic carbocycles. The molecule has 2 aromatic rings. The summed E-state index contributed by atoms with van der Waals surface area (Å²) in [6.07, 6.45) is 13.5. The van der Waals surface area contributed by atoms with E-state index in [1.165, 1.54) is 49.5 Å². The van der Waals surface area contributed by atoms with Crippen molar-refractivity contribution in [3.8, 4) is 5.75 Å². The second-order valence-electron chi connectivity index (χ2n) is 9.71. The molecule has 0 radical (unpaired) electrons. The van der Waals surface area contributed by atoms with Gasteiger partial charge in [0.15, 0.2) is 11.6 Å². The van der Waals surface area contributed by atoms with Gasteiger partial charge in [0.2, 0.25) is 5.82 Å². The number of ether oxygens (including phenoxy) is 1. The lowest BCUT2D eigenvalue weighted by Gasteiger charge is -2.30. The van der Waals surface area contributed by atoms with Gasteiger partial charge in [0, 0.05) is 0 Å². The van der Waals surface area contributed by atoms with Crippen LogP contribution in [0.5, 0.6) is 5.75 Å². The Hall–Kier alpha value is -2.16. The van der Waals surface area contributed by atoms with E-state index < -0.39 is 11.6 Å². The summed E-state index contributed by atoms with van der Waals surface area (Å²) in [6, 6.07) is 12.6. The molecule has 0 aromatic heterocycles. The van der Waals surface area contributed by atoms with E-state index in [4.69, 9.17) is 4.74 Å². The van der Waals surface area contributed by atoms with Gasteiger partial charge >= 0.3 is 0 Å². The Morgan fingerprint density at radius 1 is 0.750 bits per heavy atom. The SMILES string of the molecule is CC=COc1ccc(C2CCC(c3ccc(C4CCC(CC)CC4)cc3)CC2)c(F)c1F. The number of allylic oxidation sites excluding steroid dienone is 1. The van der Waals surface area contributed by atoms with Crippen LogP contribution in [0.4, 0.5) is 8.78 Å². The van der Waals surface area contributed by atoms with Gasteiger partial charge in [-0.15, -0.1) is 0 Å². The standard InChI is InChI=1S/C29H36F2O/c1-3-19-32-27-18-17-26(28(30)29(27)31)25-15-13-24(14-16-25)23-11-9-22(10-12-23)21-7-5-20(4-2)6-8-21/h3,9-12,17-21,24-25H,4-8,13-16H2,1-2H3. The van der Waals surface area contributed by atoms with E-state index in [0.29, 0.717) is 11.5 Å². The van der Waals surface area contributed by atoms with Gasteiger partial charge in [-0.25, -0.2) is 4.39 Å². The quantitative estimate of drug-likeness (QED) is 0.409. The molecule has 172 valence electrons. The predicted octanol–water partition coefficient (Wildman–Crippen LogP) is 9.00. The molecule has 0 atom stereocenters. The largest absolute Gasteiger partial charge is 0.462 e. The average Bonchev–Trinajstić information content (AvgIpc) is 2.85. The highest BCUT2D eigenvalue weighted by atomic mass is 19.2. The minimum atomic E-state index is -0.883. The maximum atomic E-state index is 14.7. The fraction of sp³-hybridized carbons (Fsp3) is 0.517. The third kappa shape index (κ3) is 5.08. The van der Waals surface area contributed by atoms with Gasteiger partial charge in [-0.3, -0.25) is 0 Å². The molecule has 2 fully saturated rings. The second-order valence-corrected chi connectivity index (χ2v) is 9.71. The summed E-state index contributed by atoms with van der Waals surface area (Å²) >= 11 is 0. The number of rotatable bonds is 6. The third-order valence-electron chi connectivity index (χ3n) is 7.88. The molecular formula is C29H36F2O. The van der Waals surface area contributed by atoms with Crippen molar-refractivity contribution in [2.24, 2.45) is 5.92 Å². The molecule has 2 saturated carbocycles. The Morgan fingerprint density at radius 3 is 1.81 bits per heavy atom. The molecule has 2 aliphatic rings. The number of halogens is 2. The normalized spacial score (nSPS) is 26.4. The van der Waals surface area contributed by atoms with Crippen LogP contribution >= 0.6 is 0 Å². The molecule has 0 unspecified atom stereocenters. The van der Waals surface area contributed by atoms with Crippen LogP contribution in [0.25, 0.3) is 0 Å². The first kappa shape index (κ1) is 23.0. The second kappa shape index (κ2) is 10.6. The first-order valence-electron chi connectivity index (χ1n) is 12.5. The van der Waals surface area contributed by atoms with Crippen LogP contribution in [0, 0.1) is 17.6 Å². The number of hydrogen-bond acceptors (Lipinski definition) is 1. The van der Waals surface area contributed by atoms with E-state index in [1.54, 1.807) is 25.1 Å². The number of hydrogen-bond donors (Lipinski definition) is 0. The molecular weight excluding hydrogens is 402 g/mol. The van der Waals surface area contributed by atoms with Gasteiger partial charge in [0.1, 0.15) is 0 Å². The van der Waals surface area contributed by atoms with Gasteiger partial charge in [0.25, 0.3) is 0 Å². The molecule has 32 heavy (non-hydrogen) atoms. The minimum Gasteiger partial charge on any atom is -0.462 e. The van der Waals surface area contributed by atoms with Crippen LogP contribution in [-0.4, -0.2) is 0 Å². The first-order valence-corrected chi connectivity index (χ1v) is 12.5. The molecule has 0 N–H and O–H groups in total. The van der Waals surface area contributed by atoms with Crippen LogP contribution in [-0.2, 0) is 0 Å². The Morgan fingerprint density at radius 2 is 1.28 bits per heavy atom. The summed E-state index contributed by atoms with van der Waals surface area (Å²) in [4.78, 5) is 0. The molecule has 0 heterocycles. The van der Waals surface area contributed by atoms with Crippen LogP contribution in [0.15, 0.2) is 48.7 Å². The summed E-state index contributed by atoms with van der Waals surface area (Å²) in [7, 11) is 0. The lowest BCUT2D eigenvalue weighted by atomic mass is 9.75. The highest BCUT2D eigenvalue weighted by Crippen LogP contribution is 2.43. The van der Waals surface area contributed by atoms with Crippen LogP contribution in [0.3, 0.4) is 0 Å². The van der Waals surface area contributed by atoms with Crippen molar-refractivity contribution in [1.29, 1.82) is 0 Å². The molecule has 1 nitrogen and oxygen atoms in total. The lowest BCUT2D eigenvalue weighted by Crippen LogP contribution is -2.14. The summed E-state index contributed by atoms with van der Waals surface area (Å²) < 4.78 is 34.2. The molecule has 0 spiro atoms. The lowest BCUT2D eigenvalue weighted by molar-refractivity contribution is 0.318. The highest BCUT2D eigenvalue weighted by Gasteiger charge is 2.28. The summed E-state index contributed by atoms with van der Waals surface area (Å²) in [5.74, 6) is 0.548. The van der Waals surface area contributed by atoms with Crippen LogP contribution in [0.2, 0.25) is 0 Å². The van der Waals surface area contributed by atoms with Crippen LogP contribution in [0.1, 0.15) is 106 Å². The third-order valence-corrected chi connectivity index (χ3v) is 7.88. The van der Waals surface area contributed by atoms with E-state index in [1.807, 2.05) is 0 Å². The number of benzene rings is 2. The van der Waals surface area contributed by atoms with Gasteiger partial charge in [-0.05, 0) is 105 Å². The van der Waals surface area contributed by atoms with Gasteiger partial charge in [-0.2, -0.15) is 4.39 Å². The van der Waals surface area contributed by atoms with Gasteiger partial charge in [0.05, 0.1) is 6.26 Å². The van der Waals surface area contributed by atoms with Crippen molar-refractivity contribution < 1.29 is 13.5 Å². The van der Waals surface area contributed by atoms with Crippen molar-refractivity contribution >= 4 is 0 Å². The molecule has 0 amide bonds. The Kier molecular flexibility index (Phi) is 7.65. The Labute approximate surface area is 191 Å². The minimum absolute atomic E-state index is 0.0543. The Balaban J connectivity index is 1.35. The fourth-order valence-corrected chi connectivity index (χ4v) is 5.78. The van der Waals surface area contributed by atoms with Crippen molar-refractivity contribution in [2.45, 2.75) is 89.4 Å². The first-order chi connectivity index (χ1) is 15.6.